The van der Waals surface area contributed by atoms with Gasteiger partial charge in [0, 0.05) is 31.7 Å². The first-order valence-corrected chi connectivity index (χ1v) is 10.1. The normalized spacial score (nSPS) is 19.9. The number of hydrogen-bond acceptors (Lipinski definition) is 3. The largest absolute Gasteiger partial charge is 0.351 e. The molecule has 28 heavy (non-hydrogen) atoms. The molecule has 2 aromatic rings. The van der Waals surface area contributed by atoms with Gasteiger partial charge in [-0.25, -0.2) is 0 Å². The van der Waals surface area contributed by atoms with Crippen LogP contribution in [0.3, 0.4) is 0 Å². The lowest BCUT2D eigenvalue weighted by atomic mass is 9.99. The van der Waals surface area contributed by atoms with Crippen molar-refractivity contribution in [2.45, 2.75) is 31.7 Å². The number of rotatable bonds is 6. The van der Waals surface area contributed by atoms with E-state index in [1.54, 1.807) is 0 Å². The van der Waals surface area contributed by atoms with E-state index in [-0.39, 0.29) is 11.8 Å². The highest BCUT2D eigenvalue weighted by Gasteiger charge is 2.25. The van der Waals surface area contributed by atoms with Crippen LogP contribution in [0, 0.1) is 0 Å². The average Bonchev–Trinajstić information content (AvgIpc) is 3.36. The number of anilines is 1. The Morgan fingerprint density at radius 2 is 1.82 bits per heavy atom. The van der Waals surface area contributed by atoms with Gasteiger partial charge < -0.3 is 10.2 Å². The van der Waals surface area contributed by atoms with Crippen molar-refractivity contribution in [2.24, 2.45) is 0 Å². The number of hydrogen-bond donors (Lipinski definition) is 1. The monoisotopic (exact) mass is 377 g/mol. The zero-order valence-electron chi connectivity index (χ0n) is 16.1. The van der Waals surface area contributed by atoms with Gasteiger partial charge in [-0.3, -0.25) is 14.5 Å². The minimum absolute atomic E-state index is 0.0625. The van der Waals surface area contributed by atoms with Crippen LogP contribution in [-0.4, -0.2) is 42.9 Å². The fourth-order valence-corrected chi connectivity index (χ4v) is 4.15. The highest BCUT2D eigenvalue weighted by atomic mass is 16.2. The van der Waals surface area contributed by atoms with E-state index in [1.807, 2.05) is 35.2 Å². The molecular formula is C23H27N3O2. The molecule has 0 radical (unpaired) electrons. The minimum atomic E-state index is 0.0625. The van der Waals surface area contributed by atoms with E-state index in [9.17, 15) is 9.59 Å². The van der Waals surface area contributed by atoms with E-state index in [0.717, 1.165) is 43.7 Å². The van der Waals surface area contributed by atoms with Gasteiger partial charge in [-0.05, 0) is 48.6 Å². The lowest BCUT2D eigenvalue weighted by Gasteiger charge is -2.17. The van der Waals surface area contributed by atoms with Crippen LogP contribution in [-0.2, 0) is 16.1 Å². The van der Waals surface area contributed by atoms with Gasteiger partial charge in [0.25, 0.3) is 0 Å². The van der Waals surface area contributed by atoms with Crippen LogP contribution in [0.2, 0.25) is 0 Å². The second kappa shape index (κ2) is 8.57. The molecule has 1 unspecified atom stereocenters. The van der Waals surface area contributed by atoms with Crippen LogP contribution in [0.5, 0.6) is 0 Å². The van der Waals surface area contributed by atoms with Crippen molar-refractivity contribution in [1.29, 1.82) is 0 Å². The molecule has 0 saturated carbocycles. The summed E-state index contributed by atoms with van der Waals surface area (Å²) in [6.07, 6.45) is 2.67. The summed E-state index contributed by atoms with van der Waals surface area (Å²) in [6.45, 7) is 3.67. The molecular weight excluding hydrogens is 350 g/mol. The third-order valence-corrected chi connectivity index (χ3v) is 5.72. The molecule has 4 rings (SSSR count). The van der Waals surface area contributed by atoms with Gasteiger partial charge in [-0.1, -0.05) is 42.5 Å². The Morgan fingerprint density at radius 3 is 2.54 bits per heavy atom. The Labute approximate surface area is 166 Å². The lowest BCUT2D eigenvalue weighted by molar-refractivity contribution is -0.122. The summed E-state index contributed by atoms with van der Waals surface area (Å²) < 4.78 is 0. The summed E-state index contributed by atoms with van der Waals surface area (Å²) >= 11 is 0. The molecule has 5 heteroatoms. The van der Waals surface area contributed by atoms with Crippen LogP contribution in [0.25, 0.3) is 0 Å². The average molecular weight is 377 g/mol. The van der Waals surface area contributed by atoms with Crippen molar-refractivity contribution in [1.82, 2.24) is 10.2 Å². The van der Waals surface area contributed by atoms with Gasteiger partial charge in [-0.15, -0.1) is 0 Å². The predicted molar refractivity (Wildman–Crippen MR) is 110 cm³/mol. The van der Waals surface area contributed by atoms with Crippen LogP contribution in [0.1, 0.15) is 36.3 Å². The third kappa shape index (κ3) is 4.42. The Bertz CT molecular complexity index is 820. The zero-order chi connectivity index (χ0) is 19.3. The van der Waals surface area contributed by atoms with Gasteiger partial charge in [-0.2, -0.15) is 0 Å². The lowest BCUT2D eigenvalue weighted by Crippen LogP contribution is -2.35. The van der Waals surface area contributed by atoms with Gasteiger partial charge in [0.1, 0.15) is 0 Å². The summed E-state index contributed by atoms with van der Waals surface area (Å²) in [7, 11) is 0. The smallest absolute Gasteiger partial charge is 0.234 e. The molecule has 1 N–H and O–H groups in total. The molecule has 2 fully saturated rings. The van der Waals surface area contributed by atoms with Crippen LogP contribution < -0.4 is 10.2 Å². The maximum Gasteiger partial charge on any atom is 0.234 e. The molecule has 2 heterocycles. The maximum absolute atomic E-state index is 12.3. The Hall–Kier alpha value is -2.66. The highest BCUT2D eigenvalue weighted by molar-refractivity contribution is 5.95. The summed E-state index contributed by atoms with van der Waals surface area (Å²) in [5, 5.41) is 3.02. The molecule has 2 amide bonds. The van der Waals surface area contributed by atoms with Gasteiger partial charge >= 0.3 is 0 Å². The molecule has 0 aromatic heterocycles. The topological polar surface area (TPSA) is 52.7 Å². The number of nitrogens with one attached hydrogen (secondary N) is 1. The highest BCUT2D eigenvalue weighted by Crippen LogP contribution is 2.26. The summed E-state index contributed by atoms with van der Waals surface area (Å²) in [6, 6.07) is 18.5. The van der Waals surface area contributed by atoms with E-state index >= 15 is 0 Å². The SMILES string of the molecule is O=C(CN1CCC(c2ccccc2)C1)NCc1ccc(N2CCCC2=O)cc1. The summed E-state index contributed by atoms with van der Waals surface area (Å²) in [4.78, 5) is 28.2. The minimum Gasteiger partial charge on any atom is -0.351 e. The molecule has 5 nitrogen and oxygen atoms in total. The van der Waals surface area contributed by atoms with E-state index in [1.165, 1.54) is 5.56 Å². The molecule has 0 spiro atoms. The number of nitrogens with zero attached hydrogens (tertiary/aromatic N) is 2. The first-order chi connectivity index (χ1) is 13.7. The summed E-state index contributed by atoms with van der Waals surface area (Å²) in [5.41, 5.74) is 3.36. The first kappa shape index (κ1) is 18.7. The van der Waals surface area contributed by atoms with Gasteiger partial charge in [0.15, 0.2) is 0 Å². The summed E-state index contributed by atoms with van der Waals surface area (Å²) in [5.74, 6) is 0.780. The quantitative estimate of drug-likeness (QED) is 0.842. The molecule has 2 aromatic carbocycles. The number of likely N-dealkylation sites (tertiary alicyclic amines) is 1. The van der Waals surface area contributed by atoms with Crippen molar-refractivity contribution < 1.29 is 9.59 Å². The molecule has 2 saturated heterocycles. The molecule has 0 aliphatic carbocycles. The van der Waals surface area contributed by atoms with Crippen molar-refractivity contribution in [2.75, 3.05) is 31.1 Å². The number of benzene rings is 2. The third-order valence-electron chi connectivity index (χ3n) is 5.72. The first-order valence-electron chi connectivity index (χ1n) is 10.1. The number of amides is 2. The molecule has 0 bridgehead atoms. The Kier molecular flexibility index (Phi) is 5.72. The fourth-order valence-electron chi connectivity index (χ4n) is 4.15. The van der Waals surface area contributed by atoms with Crippen molar-refractivity contribution in [3.63, 3.8) is 0 Å². The standard InChI is InChI=1S/C23H27N3O2/c27-22(17-25-14-12-20(16-25)19-5-2-1-3-6-19)24-15-18-8-10-21(11-9-18)26-13-4-7-23(26)28/h1-3,5-6,8-11,20H,4,7,12-17H2,(H,24,27). The van der Waals surface area contributed by atoms with Crippen molar-refractivity contribution >= 4 is 17.5 Å². The predicted octanol–water partition coefficient (Wildman–Crippen LogP) is 2.92. The van der Waals surface area contributed by atoms with E-state index in [2.05, 4.69) is 34.5 Å². The van der Waals surface area contributed by atoms with Crippen molar-refractivity contribution in [3.8, 4) is 0 Å². The van der Waals surface area contributed by atoms with E-state index in [4.69, 9.17) is 0 Å². The molecule has 1 atom stereocenters. The van der Waals surface area contributed by atoms with Crippen molar-refractivity contribution in [3.05, 3.63) is 65.7 Å². The van der Waals surface area contributed by atoms with Gasteiger partial charge in [0.2, 0.25) is 11.8 Å². The maximum atomic E-state index is 12.3. The number of carbonyl (C=O) groups is 2. The number of carbonyl (C=O) groups excluding carboxylic acids is 2. The molecule has 2 aliphatic heterocycles. The van der Waals surface area contributed by atoms with Crippen LogP contribution >= 0.6 is 0 Å². The van der Waals surface area contributed by atoms with Crippen LogP contribution in [0.4, 0.5) is 5.69 Å². The molecule has 146 valence electrons. The second-order valence-corrected chi connectivity index (χ2v) is 7.72. The van der Waals surface area contributed by atoms with E-state index < -0.39 is 0 Å². The van der Waals surface area contributed by atoms with Crippen LogP contribution in [0.15, 0.2) is 54.6 Å². The molecule has 2 aliphatic rings. The zero-order valence-corrected chi connectivity index (χ0v) is 16.1. The fraction of sp³-hybridized carbons (Fsp3) is 0.391. The second-order valence-electron chi connectivity index (χ2n) is 7.72. The van der Waals surface area contributed by atoms with E-state index in [0.29, 0.717) is 25.4 Å². The Balaban J connectivity index is 1.23. The Morgan fingerprint density at radius 1 is 1.04 bits per heavy atom. The van der Waals surface area contributed by atoms with Gasteiger partial charge in [0.05, 0.1) is 6.54 Å².